The van der Waals surface area contributed by atoms with E-state index in [1.165, 1.54) is 11.1 Å². The van der Waals surface area contributed by atoms with Crippen molar-refractivity contribution < 1.29 is 13.8 Å². The van der Waals surface area contributed by atoms with Crippen LogP contribution in [0.2, 0.25) is 0 Å². The van der Waals surface area contributed by atoms with Crippen LogP contribution in [0.4, 0.5) is 0 Å². The van der Waals surface area contributed by atoms with E-state index in [4.69, 9.17) is 3.63 Å². The average Bonchev–Trinajstić information content (AvgIpc) is 2.60. The summed E-state index contributed by atoms with van der Waals surface area (Å²) >= 11 is 2.25. The minimum absolute atomic E-state index is 0.0281. The zero-order valence-corrected chi connectivity index (χ0v) is 23.6. The fourth-order valence-corrected chi connectivity index (χ4v) is 6.33. The van der Waals surface area contributed by atoms with Crippen molar-refractivity contribution in [1.29, 1.82) is 0 Å². The molecule has 0 amide bonds. The van der Waals surface area contributed by atoms with Crippen LogP contribution in [0, 0.1) is 10.8 Å². The first-order chi connectivity index (χ1) is 14.9. The second-order valence-electron chi connectivity index (χ2n) is 12.8. The van der Waals surface area contributed by atoms with Gasteiger partial charge in [-0.3, -0.25) is 0 Å². The summed E-state index contributed by atoms with van der Waals surface area (Å²) in [7, 11) is 0. The first kappa shape index (κ1) is 27.9. The molecule has 0 saturated heterocycles. The molecule has 2 rings (SSSR count). The van der Waals surface area contributed by atoms with Crippen molar-refractivity contribution in [3.05, 3.63) is 47.5 Å². The van der Waals surface area contributed by atoms with Gasteiger partial charge in [0.05, 0.1) is 9.79 Å². The quantitative estimate of drug-likeness (QED) is 0.361. The molecule has 0 heterocycles. The molecule has 0 fully saturated rings. The van der Waals surface area contributed by atoms with Crippen LogP contribution in [0.3, 0.4) is 0 Å². The summed E-state index contributed by atoms with van der Waals surface area (Å²) in [6.45, 7) is 22.4. The molecule has 0 atom stereocenters. The first-order valence-corrected chi connectivity index (χ1v) is 13.1. The molecule has 0 unspecified atom stereocenters. The van der Waals surface area contributed by atoms with Gasteiger partial charge in [-0.2, -0.15) is 0 Å². The number of hydrogen-bond acceptors (Lipinski definition) is 5. The highest BCUT2D eigenvalue weighted by molar-refractivity contribution is 8.08. The van der Waals surface area contributed by atoms with Gasteiger partial charge in [-0.15, -0.1) is 0 Å². The smallest absolute Gasteiger partial charge is 0.131 e. The maximum Gasteiger partial charge on any atom is 0.131 e. The van der Waals surface area contributed by atoms with Crippen molar-refractivity contribution in [2.45, 2.75) is 103 Å². The standard InChI is InChI=1S/C28H42O3S2/c1-25(2,3)17-27(7,8)19-11-13-21(29)23(15-19)32-31-33-24-16-20(12-14-22(24)30)28(9,10)18-26(4,5)6/h11-16,29-30H,17-18H2,1-10H3. The van der Waals surface area contributed by atoms with E-state index in [0.29, 0.717) is 9.79 Å². The number of phenolic OH excluding ortho intramolecular Hbond substituents is 2. The van der Waals surface area contributed by atoms with Gasteiger partial charge in [0.1, 0.15) is 11.5 Å². The van der Waals surface area contributed by atoms with Crippen LogP contribution in [0.25, 0.3) is 0 Å². The summed E-state index contributed by atoms with van der Waals surface area (Å²) < 4.78 is 5.82. The van der Waals surface area contributed by atoms with Gasteiger partial charge in [-0.05, 0) is 69.9 Å². The largest absolute Gasteiger partial charge is 0.507 e. The van der Waals surface area contributed by atoms with Crippen LogP contribution >= 0.6 is 24.1 Å². The van der Waals surface area contributed by atoms with Crippen LogP contribution in [-0.4, -0.2) is 10.2 Å². The predicted octanol–water partition coefficient (Wildman–Crippen LogP) is 9.26. The van der Waals surface area contributed by atoms with Crippen LogP contribution in [0.1, 0.15) is 93.2 Å². The zero-order valence-electron chi connectivity index (χ0n) is 22.0. The molecule has 2 aromatic carbocycles. The third-order valence-electron chi connectivity index (χ3n) is 5.67. The monoisotopic (exact) mass is 490 g/mol. The highest BCUT2D eigenvalue weighted by Gasteiger charge is 2.29. The Morgan fingerprint density at radius 2 is 0.939 bits per heavy atom. The maximum absolute atomic E-state index is 10.4. The average molecular weight is 491 g/mol. The Labute approximate surface area is 210 Å². The lowest BCUT2D eigenvalue weighted by atomic mass is 9.72. The summed E-state index contributed by atoms with van der Waals surface area (Å²) in [4.78, 5) is 1.34. The Kier molecular flexibility index (Phi) is 8.58. The van der Waals surface area contributed by atoms with Gasteiger partial charge in [-0.25, -0.2) is 3.63 Å². The van der Waals surface area contributed by atoms with E-state index in [1.807, 2.05) is 24.3 Å². The van der Waals surface area contributed by atoms with E-state index < -0.39 is 0 Å². The summed E-state index contributed by atoms with van der Waals surface area (Å²) in [5.41, 5.74) is 2.67. The number of benzene rings is 2. The minimum atomic E-state index is -0.0281. The molecule has 184 valence electrons. The van der Waals surface area contributed by atoms with Gasteiger partial charge in [0.15, 0.2) is 0 Å². The van der Waals surface area contributed by atoms with Crippen LogP contribution in [0.15, 0.2) is 46.2 Å². The maximum atomic E-state index is 10.4. The topological polar surface area (TPSA) is 49.7 Å². The van der Waals surface area contributed by atoms with Gasteiger partial charge in [-0.1, -0.05) is 81.4 Å². The van der Waals surface area contributed by atoms with Gasteiger partial charge >= 0.3 is 0 Å². The van der Waals surface area contributed by atoms with E-state index in [-0.39, 0.29) is 33.2 Å². The summed E-state index contributed by atoms with van der Waals surface area (Å²) in [5, 5.41) is 20.8. The van der Waals surface area contributed by atoms with Crippen molar-refractivity contribution in [3.8, 4) is 11.5 Å². The molecular weight excluding hydrogens is 448 g/mol. The molecule has 0 spiro atoms. The highest BCUT2D eigenvalue weighted by Crippen LogP contribution is 2.43. The van der Waals surface area contributed by atoms with Gasteiger partial charge in [0.2, 0.25) is 0 Å². The molecule has 2 N–H and O–H groups in total. The molecule has 2 aromatic rings. The van der Waals surface area contributed by atoms with E-state index >= 15 is 0 Å². The van der Waals surface area contributed by atoms with E-state index in [1.54, 1.807) is 12.1 Å². The van der Waals surface area contributed by atoms with Gasteiger partial charge in [0.25, 0.3) is 0 Å². The molecule has 0 aromatic heterocycles. The second-order valence-corrected chi connectivity index (χ2v) is 14.6. The van der Waals surface area contributed by atoms with Gasteiger partial charge in [0, 0.05) is 24.1 Å². The normalized spacial score (nSPS) is 13.4. The van der Waals surface area contributed by atoms with Gasteiger partial charge < -0.3 is 10.2 Å². The Hall–Kier alpha value is -1.30. The third-order valence-corrected chi connectivity index (χ3v) is 7.23. The predicted molar refractivity (Wildman–Crippen MR) is 143 cm³/mol. The van der Waals surface area contributed by atoms with Crippen molar-refractivity contribution >= 4 is 24.1 Å². The highest BCUT2D eigenvalue weighted by atomic mass is 32.2. The molecular formula is C28H42O3S2. The van der Waals surface area contributed by atoms with E-state index in [9.17, 15) is 10.2 Å². The lowest BCUT2D eigenvalue weighted by Crippen LogP contribution is -2.24. The Bertz CT molecular complexity index is 873. The van der Waals surface area contributed by atoms with Crippen LogP contribution in [-0.2, 0) is 14.5 Å². The van der Waals surface area contributed by atoms with Crippen molar-refractivity contribution in [3.63, 3.8) is 0 Å². The second kappa shape index (κ2) is 10.1. The van der Waals surface area contributed by atoms with E-state index in [2.05, 4.69) is 69.2 Å². The Balaban J connectivity index is 2.16. The Morgan fingerprint density at radius 3 is 1.24 bits per heavy atom. The molecule has 5 heteroatoms. The Morgan fingerprint density at radius 1 is 0.606 bits per heavy atom. The first-order valence-electron chi connectivity index (χ1n) is 11.6. The van der Waals surface area contributed by atoms with Crippen molar-refractivity contribution in [2.75, 3.05) is 0 Å². The molecule has 3 nitrogen and oxygen atoms in total. The minimum Gasteiger partial charge on any atom is -0.507 e. The number of rotatable bonds is 8. The molecule has 0 aliphatic carbocycles. The summed E-state index contributed by atoms with van der Waals surface area (Å²) in [6, 6.07) is 11.5. The fraction of sp³-hybridized carbons (Fsp3) is 0.571. The van der Waals surface area contributed by atoms with Crippen LogP contribution in [0.5, 0.6) is 11.5 Å². The third kappa shape index (κ3) is 8.45. The number of hydrogen-bond donors (Lipinski definition) is 2. The molecule has 0 radical (unpaired) electrons. The molecule has 0 saturated carbocycles. The molecule has 0 aliphatic heterocycles. The summed E-state index contributed by atoms with van der Waals surface area (Å²) in [5.74, 6) is 0.389. The van der Waals surface area contributed by atoms with Crippen molar-refractivity contribution in [2.24, 2.45) is 10.8 Å². The summed E-state index contributed by atoms with van der Waals surface area (Å²) in [6.07, 6.45) is 2.05. The van der Waals surface area contributed by atoms with Crippen molar-refractivity contribution in [1.82, 2.24) is 0 Å². The lowest BCUT2D eigenvalue weighted by molar-refractivity contribution is 0.283. The van der Waals surface area contributed by atoms with E-state index in [0.717, 1.165) is 36.9 Å². The molecule has 33 heavy (non-hydrogen) atoms. The number of aromatic hydroxyl groups is 2. The number of phenols is 2. The molecule has 0 aliphatic rings. The van der Waals surface area contributed by atoms with Crippen LogP contribution < -0.4 is 0 Å². The zero-order chi connectivity index (χ0) is 25.2. The lowest BCUT2D eigenvalue weighted by Gasteiger charge is -2.33. The SMILES string of the molecule is CC(C)(C)CC(C)(C)c1ccc(O)c(SOSc2cc(C(C)(C)CC(C)(C)C)ccc2O)c1. The fourth-order valence-electron chi connectivity index (χ4n) is 4.95. The molecule has 0 bridgehead atoms.